The van der Waals surface area contributed by atoms with E-state index in [0.29, 0.717) is 6.04 Å². The molecular weight excluding hydrogens is 264 g/mol. The van der Waals surface area contributed by atoms with Gasteiger partial charge in [-0.1, -0.05) is 30.5 Å². The zero-order valence-electron chi connectivity index (χ0n) is 11.1. The van der Waals surface area contributed by atoms with E-state index in [9.17, 15) is 10.1 Å². The molecule has 104 valence electrons. The Balaban J connectivity index is 2.13. The third-order valence-electron chi connectivity index (χ3n) is 3.78. The highest BCUT2D eigenvalue weighted by molar-refractivity contribution is 6.32. The summed E-state index contributed by atoms with van der Waals surface area (Å²) in [5.74, 6) is 0. The number of rotatable bonds is 3. The van der Waals surface area contributed by atoms with E-state index in [1.54, 1.807) is 12.1 Å². The van der Waals surface area contributed by atoms with Crippen LogP contribution in [0.15, 0.2) is 18.2 Å². The predicted octanol–water partition coefficient (Wildman–Crippen LogP) is 4.01. The summed E-state index contributed by atoms with van der Waals surface area (Å²) in [4.78, 5) is 12.9. The summed E-state index contributed by atoms with van der Waals surface area (Å²) in [5, 5.41) is 11.1. The van der Waals surface area contributed by atoms with Crippen LogP contribution in [0.3, 0.4) is 0 Å². The molecule has 1 fully saturated rings. The average Bonchev–Trinajstić information content (AvgIpc) is 2.57. The molecule has 0 N–H and O–H groups in total. The number of likely N-dealkylation sites (tertiary alicyclic amines) is 1. The van der Waals surface area contributed by atoms with E-state index in [4.69, 9.17) is 11.6 Å². The molecule has 1 atom stereocenters. The van der Waals surface area contributed by atoms with Gasteiger partial charge in [-0.15, -0.1) is 0 Å². The predicted molar refractivity (Wildman–Crippen MR) is 76.4 cm³/mol. The number of hydrogen-bond acceptors (Lipinski definition) is 3. The van der Waals surface area contributed by atoms with Crippen molar-refractivity contribution in [3.8, 4) is 0 Å². The molecular formula is C14H19ClN2O2. The molecule has 5 heteroatoms. The molecule has 1 aliphatic heterocycles. The summed E-state index contributed by atoms with van der Waals surface area (Å²) in [5.41, 5.74) is 0.964. The summed E-state index contributed by atoms with van der Waals surface area (Å²) < 4.78 is 0. The van der Waals surface area contributed by atoms with E-state index >= 15 is 0 Å². The first kappa shape index (κ1) is 14.3. The highest BCUT2D eigenvalue weighted by Gasteiger charge is 2.19. The van der Waals surface area contributed by atoms with Gasteiger partial charge in [0.15, 0.2) is 0 Å². The number of nitro groups is 1. The Bertz CT molecular complexity index is 465. The Kier molecular flexibility index (Phi) is 4.77. The van der Waals surface area contributed by atoms with Gasteiger partial charge in [0.05, 0.1) is 4.92 Å². The van der Waals surface area contributed by atoms with Gasteiger partial charge in [0, 0.05) is 18.7 Å². The molecule has 1 saturated heterocycles. The van der Waals surface area contributed by atoms with Crippen molar-refractivity contribution < 1.29 is 4.92 Å². The van der Waals surface area contributed by atoms with Gasteiger partial charge in [0.2, 0.25) is 0 Å². The Morgan fingerprint density at radius 2 is 2.21 bits per heavy atom. The van der Waals surface area contributed by atoms with Crippen LogP contribution in [0.4, 0.5) is 5.69 Å². The number of nitrogens with zero attached hydrogens (tertiary/aromatic N) is 2. The first-order chi connectivity index (χ1) is 9.08. The van der Waals surface area contributed by atoms with Crippen LogP contribution in [-0.2, 0) is 6.54 Å². The molecule has 0 bridgehead atoms. The second-order valence-electron chi connectivity index (χ2n) is 5.21. The molecule has 0 saturated carbocycles. The Morgan fingerprint density at radius 1 is 1.42 bits per heavy atom. The van der Waals surface area contributed by atoms with E-state index in [1.165, 1.54) is 25.7 Å². The van der Waals surface area contributed by atoms with Crippen LogP contribution in [-0.4, -0.2) is 22.4 Å². The van der Waals surface area contributed by atoms with Crippen molar-refractivity contribution in [1.29, 1.82) is 0 Å². The van der Waals surface area contributed by atoms with Crippen LogP contribution in [0.1, 0.15) is 38.2 Å². The standard InChI is InChI=1S/C14H19ClN2O2/c1-11-5-3-2-4-8-16(11)10-12-6-7-13(15)14(9-12)17(18)19/h6-7,9,11H,2-5,8,10H2,1H3. The molecule has 0 amide bonds. The van der Waals surface area contributed by atoms with Gasteiger partial charge in [-0.25, -0.2) is 0 Å². The van der Waals surface area contributed by atoms with Crippen LogP contribution < -0.4 is 0 Å². The van der Waals surface area contributed by atoms with Crippen LogP contribution >= 0.6 is 11.6 Å². The fourth-order valence-electron chi connectivity index (χ4n) is 2.60. The molecule has 1 aliphatic rings. The first-order valence-corrected chi connectivity index (χ1v) is 7.12. The summed E-state index contributed by atoms with van der Waals surface area (Å²) in [6.07, 6.45) is 4.97. The second-order valence-corrected chi connectivity index (χ2v) is 5.62. The van der Waals surface area contributed by atoms with Gasteiger partial charge in [-0.3, -0.25) is 15.0 Å². The van der Waals surface area contributed by atoms with Crippen LogP contribution in [0.5, 0.6) is 0 Å². The maximum Gasteiger partial charge on any atom is 0.288 e. The Labute approximate surface area is 118 Å². The van der Waals surface area contributed by atoms with Crippen molar-refractivity contribution in [2.24, 2.45) is 0 Å². The third-order valence-corrected chi connectivity index (χ3v) is 4.10. The van der Waals surface area contributed by atoms with Gasteiger partial charge >= 0.3 is 0 Å². The molecule has 0 radical (unpaired) electrons. The summed E-state index contributed by atoms with van der Waals surface area (Å²) in [6.45, 7) is 4.06. The van der Waals surface area contributed by atoms with E-state index in [1.807, 2.05) is 6.07 Å². The molecule has 1 aromatic rings. The fourth-order valence-corrected chi connectivity index (χ4v) is 2.79. The van der Waals surface area contributed by atoms with Crippen LogP contribution in [0.2, 0.25) is 5.02 Å². The van der Waals surface area contributed by atoms with E-state index in [-0.39, 0.29) is 10.7 Å². The lowest BCUT2D eigenvalue weighted by Crippen LogP contribution is -2.31. The minimum Gasteiger partial charge on any atom is -0.296 e. The van der Waals surface area contributed by atoms with Crippen LogP contribution in [0, 0.1) is 10.1 Å². The maximum atomic E-state index is 10.9. The number of halogens is 1. The molecule has 0 spiro atoms. The topological polar surface area (TPSA) is 46.4 Å². The highest BCUT2D eigenvalue weighted by atomic mass is 35.5. The third kappa shape index (κ3) is 3.67. The zero-order chi connectivity index (χ0) is 13.8. The molecule has 1 unspecified atom stereocenters. The maximum absolute atomic E-state index is 10.9. The smallest absolute Gasteiger partial charge is 0.288 e. The Hall–Kier alpha value is -1.13. The minimum atomic E-state index is -0.419. The van der Waals surface area contributed by atoms with Gasteiger partial charge in [-0.05, 0) is 37.9 Å². The summed E-state index contributed by atoms with van der Waals surface area (Å²) >= 11 is 5.83. The second kappa shape index (κ2) is 6.35. The largest absolute Gasteiger partial charge is 0.296 e. The minimum absolute atomic E-state index is 0.00152. The summed E-state index contributed by atoms with van der Waals surface area (Å²) in [6, 6.07) is 5.64. The van der Waals surface area contributed by atoms with Gasteiger partial charge in [0.25, 0.3) is 5.69 Å². The monoisotopic (exact) mass is 282 g/mol. The molecule has 1 aromatic carbocycles. The molecule has 2 rings (SSSR count). The Morgan fingerprint density at radius 3 is 2.95 bits per heavy atom. The molecule has 0 aliphatic carbocycles. The van der Waals surface area contributed by atoms with Crippen molar-refractivity contribution in [2.45, 2.75) is 45.2 Å². The SMILES string of the molecule is CC1CCCCCN1Cc1ccc(Cl)c([N+](=O)[O-])c1. The van der Waals surface area contributed by atoms with Crippen molar-refractivity contribution >= 4 is 17.3 Å². The van der Waals surface area contributed by atoms with Crippen LogP contribution in [0.25, 0.3) is 0 Å². The lowest BCUT2D eigenvalue weighted by Gasteiger charge is -2.26. The lowest BCUT2D eigenvalue weighted by atomic mass is 10.1. The van der Waals surface area contributed by atoms with Gasteiger partial charge < -0.3 is 0 Å². The van der Waals surface area contributed by atoms with Crippen molar-refractivity contribution in [1.82, 2.24) is 4.90 Å². The first-order valence-electron chi connectivity index (χ1n) is 6.75. The number of benzene rings is 1. The average molecular weight is 283 g/mol. The zero-order valence-corrected chi connectivity index (χ0v) is 11.9. The summed E-state index contributed by atoms with van der Waals surface area (Å²) in [7, 11) is 0. The van der Waals surface area contributed by atoms with E-state index < -0.39 is 4.92 Å². The molecule has 19 heavy (non-hydrogen) atoms. The van der Waals surface area contributed by atoms with Crippen molar-refractivity contribution in [3.05, 3.63) is 38.9 Å². The van der Waals surface area contributed by atoms with E-state index in [2.05, 4.69) is 11.8 Å². The fraction of sp³-hybridized carbons (Fsp3) is 0.571. The lowest BCUT2D eigenvalue weighted by molar-refractivity contribution is -0.384. The van der Waals surface area contributed by atoms with Crippen molar-refractivity contribution in [3.63, 3.8) is 0 Å². The highest BCUT2D eigenvalue weighted by Crippen LogP contribution is 2.26. The van der Waals surface area contributed by atoms with E-state index in [0.717, 1.165) is 18.7 Å². The number of nitro benzene ring substituents is 1. The number of hydrogen-bond donors (Lipinski definition) is 0. The quantitative estimate of drug-likeness (QED) is 0.621. The van der Waals surface area contributed by atoms with Gasteiger partial charge in [0.1, 0.15) is 5.02 Å². The van der Waals surface area contributed by atoms with Crippen molar-refractivity contribution in [2.75, 3.05) is 6.54 Å². The molecule has 1 heterocycles. The molecule has 0 aromatic heterocycles. The normalized spacial score (nSPS) is 21.1. The van der Waals surface area contributed by atoms with Gasteiger partial charge in [-0.2, -0.15) is 0 Å². The molecule has 4 nitrogen and oxygen atoms in total.